The van der Waals surface area contributed by atoms with Crippen molar-refractivity contribution < 1.29 is 9.90 Å². The molecule has 25 heavy (non-hydrogen) atoms. The van der Waals surface area contributed by atoms with Crippen LogP contribution in [0.2, 0.25) is 0 Å². The lowest BCUT2D eigenvalue weighted by Gasteiger charge is -2.26. The minimum absolute atomic E-state index is 0.0162. The molecule has 1 unspecified atom stereocenters. The molecule has 1 saturated heterocycles. The molecule has 2 aliphatic carbocycles. The van der Waals surface area contributed by atoms with Crippen LogP contribution in [0.3, 0.4) is 0 Å². The van der Waals surface area contributed by atoms with Crippen LogP contribution in [0.5, 0.6) is 0 Å². The molecule has 1 heterocycles. The van der Waals surface area contributed by atoms with Gasteiger partial charge in [-0.1, -0.05) is 42.5 Å². The number of fused-ring (bicyclic) bond motifs is 1. The van der Waals surface area contributed by atoms with Crippen molar-refractivity contribution in [2.24, 2.45) is 11.8 Å². The predicted molar refractivity (Wildman–Crippen MR) is 97.9 cm³/mol. The molecule has 1 aliphatic heterocycles. The Labute approximate surface area is 149 Å². The number of allylic oxidation sites excluding steroid dienone is 4. The lowest BCUT2D eigenvalue weighted by atomic mass is 9.91. The minimum atomic E-state index is -0.615. The molecule has 3 aliphatic rings. The van der Waals surface area contributed by atoms with Crippen LogP contribution in [-0.4, -0.2) is 34.7 Å². The molecule has 0 bridgehead atoms. The molecule has 4 rings (SSSR count). The number of rotatable bonds is 3. The number of urea groups is 1. The summed E-state index contributed by atoms with van der Waals surface area (Å²) < 4.78 is 0. The Bertz CT molecular complexity index is 681. The Morgan fingerprint density at radius 2 is 1.92 bits per heavy atom. The van der Waals surface area contributed by atoms with E-state index in [1.54, 1.807) is 0 Å². The zero-order valence-corrected chi connectivity index (χ0v) is 14.5. The Hall–Kier alpha value is -2.07. The van der Waals surface area contributed by atoms with Gasteiger partial charge in [-0.2, -0.15) is 0 Å². The zero-order valence-electron chi connectivity index (χ0n) is 14.5. The summed E-state index contributed by atoms with van der Waals surface area (Å²) in [5.41, 5.74) is 1.58. The number of hydrogen-bond donors (Lipinski definition) is 2. The van der Waals surface area contributed by atoms with Crippen molar-refractivity contribution in [1.29, 1.82) is 0 Å². The highest BCUT2D eigenvalue weighted by Gasteiger charge is 2.49. The molecular weight excluding hydrogens is 312 g/mol. The number of likely N-dealkylation sites (tertiary alicyclic amines) is 1. The maximum Gasteiger partial charge on any atom is 0.321 e. The molecule has 132 valence electrons. The summed E-state index contributed by atoms with van der Waals surface area (Å²) in [7, 11) is 0. The summed E-state index contributed by atoms with van der Waals surface area (Å²) in [5.74, 6) is 0.833. The van der Waals surface area contributed by atoms with E-state index in [0.717, 1.165) is 44.5 Å². The van der Waals surface area contributed by atoms with Crippen molar-refractivity contribution in [3.05, 3.63) is 59.8 Å². The topological polar surface area (TPSA) is 52.6 Å². The van der Waals surface area contributed by atoms with E-state index in [1.165, 1.54) is 5.56 Å². The number of aliphatic hydroxyl groups is 1. The Balaban J connectivity index is 1.33. The van der Waals surface area contributed by atoms with E-state index in [9.17, 15) is 9.90 Å². The Morgan fingerprint density at radius 3 is 2.56 bits per heavy atom. The highest BCUT2D eigenvalue weighted by molar-refractivity contribution is 5.76. The van der Waals surface area contributed by atoms with Crippen LogP contribution in [0.25, 0.3) is 0 Å². The number of carbonyl (C=O) groups is 1. The van der Waals surface area contributed by atoms with Gasteiger partial charge in [0.05, 0.1) is 5.60 Å². The van der Waals surface area contributed by atoms with Crippen LogP contribution in [0.1, 0.15) is 31.2 Å². The third-order valence-corrected chi connectivity index (χ3v) is 5.81. The van der Waals surface area contributed by atoms with Gasteiger partial charge in [-0.15, -0.1) is 0 Å². The van der Waals surface area contributed by atoms with Crippen LogP contribution in [0.15, 0.2) is 54.3 Å². The SMILES string of the molecule is O=C(NC1=CC=CCC1)N1C[C@@H]2CC(O)(Cc3ccccc3)C[C@@H]2C1. The fraction of sp³-hybridized carbons (Fsp3) is 0.476. The highest BCUT2D eigenvalue weighted by Crippen LogP contribution is 2.45. The second-order valence-electron chi connectivity index (χ2n) is 7.81. The third kappa shape index (κ3) is 3.64. The fourth-order valence-corrected chi connectivity index (χ4v) is 4.67. The van der Waals surface area contributed by atoms with Crippen LogP contribution in [0, 0.1) is 11.8 Å². The fourth-order valence-electron chi connectivity index (χ4n) is 4.67. The van der Waals surface area contributed by atoms with E-state index >= 15 is 0 Å². The minimum Gasteiger partial charge on any atom is -0.390 e. The summed E-state index contributed by atoms with van der Waals surface area (Å²) in [6.07, 6.45) is 10.3. The number of nitrogens with one attached hydrogen (secondary N) is 1. The Morgan fingerprint density at radius 1 is 1.20 bits per heavy atom. The van der Waals surface area contributed by atoms with Crippen LogP contribution >= 0.6 is 0 Å². The van der Waals surface area contributed by atoms with Crippen LogP contribution < -0.4 is 5.32 Å². The molecule has 3 atom stereocenters. The monoisotopic (exact) mass is 338 g/mol. The second kappa shape index (κ2) is 6.68. The zero-order chi connectivity index (χ0) is 17.3. The first-order valence-corrected chi connectivity index (χ1v) is 9.29. The lowest BCUT2D eigenvalue weighted by molar-refractivity contribution is 0.0367. The normalized spacial score (nSPS) is 30.9. The maximum absolute atomic E-state index is 12.5. The molecule has 0 spiro atoms. The van der Waals surface area contributed by atoms with E-state index < -0.39 is 5.60 Å². The maximum atomic E-state index is 12.5. The van der Waals surface area contributed by atoms with Crippen molar-refractivity contribution in [1.82, 2.24) is 10.2 Å². The predicted octanol–water partition coefficient (Wildman–Crippen LogP) is 3.25. The first-order valence-electron chi connectivity index (χ1n) is 9.29. The van der Waals surface area contributed by atoms with Crippen molar-refractivity contribution in [2.45, 2.75) is 37.7 Å². The van der Waals surface area contributed by atoms with Gasteiger partial charge in [-0.3, -0.25) is 0 Å². The van der Waals surface area contributed by atoms with E-state index in [1.807, 2.05) is 35.3 Å². The van der Waals surface area contributed by atoms with Gasteiger partial charge in [0.25, 0.3) is 0 Å². The van der Waals surface area contributed by atoms with Gasteiger partial charge in [-0.25, -0.2) is 4.79 Å². The smallest absolute Gasteiger partial charge is 0.321 e. The van der Waals surface area contributed by atoms with Gasteiger partial charge in [-0.05, 0) is 49.2 Å². The van der Waals surface area contributed by atoms with E-state index in [0.29, 0.717) is 18.3 Å². The lowest BCUT2D eigenvalue weighted by Crippen LogP contribution is -2.40. The molecule has 0 radical (unpaired) electrons. The molecule has 2 fully saturated rings. The molecule has 1 saturated carbocycles. The van der Waals surface area contributed by atoms with Gasteiger partial charge in [0.2, 0.25) is 0 Å². The molecule has 1 aromatic rings. The first kappa shape index (κ1) is 16.4. The molecule has 2 N–H and O–H groups in total. The van der Waals surface area contributed by atoms with Crippen molar-refractivity contribution in [2.75, 3.05) is 13.1 Å². The van der Waals surface area contributed by atoms with Gasteiger partial charge in [0.1, 0.15) is 0 Å². The van der Waals surface area contributed by atoms with Gasteiger partial charge >= 0.3 is 6.03 Å². The molecule has 0 aromatic heterocycles. The largest absolute Gasteiger partial charge is 0.390 e. The van der Waals surface area contributed by atoms with Crippen molar-refractivity contribution >= 4 is 6.03 Å². The standard InChI is InChI=1S/C21H26N2O2/c24-20(22-19-9-5-2-6-10-19)23-14-17-12-21(25,13-18(17)15-23)11-16-7-3-1-4-8-16/h1-5,7-9,17-18,25H,6,10-15H2,(H,22,24)/t17-,18+,21?. The summed E-state index contributed by atoms with van der Waals surface area (Å²) in [6, 6.07) is 10.2. The average Bonchev–Trinajstić information content (AvgIpc) is 3.11. The second-order valence-corrected chi connectivity index (χ2v) is 7.81. The average molecular weight is 338 g/mol. The molecular formula is C21H26N2O2. The number of nitrogens with zero attached hydrogens (tertiary/aromatic N) is 1. The Kier molecular flexibility index (Phi) is 4.38. The van der Waals surface area contributed by atoms with E-state index in [2.05, 4.69) is 23.5 Å². The summed E-state index contributed by atoms with van der Waals surface area (Å²) in [5, 5.41) is 14.0. The van der Waals surface area contributed by atoms with E-state index in [4.69, 9.17) is 0 Å². The highest BCUT2D eigenvalue weighted by atomic mass is 16.3. The number of hydrogen-bond acceptors (Lipinski definition) is 2. The molecule has 2 amide bonds. The van der Waals surface area contributed by atoms with Gasteiger partial charge < -0.3 is 15.3 Å². The summed E-state index contributed by atoms with van der Waals surface area (Å²) >= 11 is 0. The molecule has 4 nitrogen and oxygen atoms in total. The molecule has 4 heteroatoms. The molecule has 1 aromatic carbocycles. The number of amides is 2. The third-order valence-electron chi connectivity index (χ3n) is 5.81. The number of carbonyl (C=O) groups excluding carboxylic acids is 1. The van der Waals surface area contributed by atoms with E-state index in [-0.39, 0.29) is 6.03 Å². The van der Waals surface area contributed by atoms with Gasteiger partial charge in [0, 0.05) is 25.2 Å². The van der Waals surface area contributed by atoms with Crippen molar-refractivity contribution in [3.63, 3.8) is 0 Å². The van der Waals surface area contributed by atoms with Crippen LogP contribution in [-0.2, 0) is 6.42 Å². The van der Waals surface area contributed by atoms with Gasteiger partial charge in [0.15, 0.2) is 0 Å². The summed E-state index contributed by atoms with van der Waals surface area (Å²) in [6.45, 7) is 1.52. The van der Waals surface area contributed by atoms with Crippen LogP contribution in [0.4, 0.5) is 4.79 Å². The summed E-state index contributed by atoms with van der Waals surface area (Å²) in [4.78, 5) is 14.4. The number of benzene rings is 1. The quantitative estimate of drug-likeness (QED) is 0.889. The van der Waals surface area contributed by atoms with Crippen molar-refractivity contribution in [3.8, 4) is 0 Å². The first-order chi connectivity index (χ1) is 12.1.